The van der Waals surface area contributed by atoms with Gasteiger partial charge in [0.15, 0.2) is 0 Å². The molecule has 2 N–H and O–H groups in total. The Morgan fingerprint density at radius 3 is 2.75 bits per heavy atom. The third kappa shape index (κ3) is 2.47. The summed E-state index contributed by atoms with van der Waals surface area (Å²) in [5.74, 6) is 1.46. The van der Waals surface area contributed by atoms with Crippen LogP contribution < -0.4 is 5.73 Å². The second-order valence-corrected chi connectivity index (χ2v) is 5.48. The smallest absolute Gasteiger partial charge is 0.134 e. The Bertz CT molecular complexity index is 490. The number of hydrogen-bond donors (Lipinski definition) is 1. The van der Waals surface area contributed by atoms with Crippen molar-refractivity contribution in [3.05, 3.63) is 34.5 Å². The predicted octanol–water partition coefficient (Wildman–Crippen LogP) is 4.24. The number of benzene rings is 1. The molecule has 0 saturated heterocycles. The molecule has 0 fully saturated rings. The molecule has 1 aromatic heterocycles. The number of fused-ring (bicyclic) bond motifs is 1. The molecule has 1 unspecified atom stereocenters. The van der Waals surface area contributed by atoms with Crippen LogP contribution in [0.25, 0.3) is 11.0 Å². The zero-order valence-corrected chi connectivity index (χ0v) is 11.1. The standard InChI is InChI=1S/C13H16BrNO/c1-8(2)5-11(15)13-7-9-6-10(14)3-4-12(9)16-13/h3-4,6-8,11H,5,15H2,1-2H3. The third-order valence-electron chi connectivity index (χ3n) is 2.59. The molecule has 1 heterocycles. The molecule has 0 aliphatic rings. The van der Waals surface area contributed by atoms with Crippen LogP contribution >= 0.6 is 15.9 Å². The predicted molar refractivity (Wildman–Crippen MR) is 70.3 cm³/mol. The van der Waals surface area contributed by atoms with Gasteiger partial charge in [0, 0.05) is 9.86 Å². The van der Waals surface area contributed by atoms with E-state index < -0.39 is 0 Å². The molecule has 2 nitrogen and oxygen atoms in total. The molecule has 0 aliphatic heterocycles. The summed E-state index contributed by atoms with van der Waals surface area (Å²) >= 11 is 3.45. The minimum atomic E-state index is -0.00817. The fraction of sp³-hybridized carbons (Fsp3) is 0.385. The van der Waals surface area contributed by atoms with Crippen LogP contribution in [0.5, 0.6) is 0 Å². The fourth-order valence-corrected chi connectivity index (χ4v) is 2.22. The highest BCUT2D eigenvalue weighted by atomic mass is 79.9. The van der Waals surface area contributed by atoms with E-state index in [1.54, 1.807) is 0 Å². The van der Waals surface area contributed by atoms with Crippen molar-refractivity contribution in [2.75, 3.05) is 0 Å². The maximum absolute atomic E-state index is 6.09. The van der Waals surface area contributed by atoms with Crippen LogP contribution in [0.4, 0.5) is 0 Å². The van der Waals surface area contributed by atoms with Crippen LogP contribution in [0.2, 0.25) is 0 Å². The summed E-state index contributed by atoms with van der Waals surface area (Å²) in [4.78, 5) is 0. The van der Waals surface area contributed by atoms with Crippen molar-refractivity contribution in [1.82, 2.24) is 0 Å². The van der Waals surface area contributed by atoms with Crippen LogP contribution in [-0.2, 0) is 0 Å². The molecule has 1 atom stereocenters. The zero-order chi connectivity index (χ0) is 11.7. The van der Waals surface area contributed by atoms with Gasteiger partial charge in [-0.2, -0.15) is 0 Å². The summed E-state index contributed by atoms with van der Waals surface area (Å²) in [5.41, 5.74) is 6.99. The quantitative estimate of drug-likeness (QED) is 0.914. The highest BCUT2D eigenvalue weighted by molar-refractivity contribution is 9.10. The maximum Gasteiger partial charge on any atom is 0.134 e. The average molecular weight is 282 g/mol. The molecule has 0 amide bonds. The van der Waals surface area contributed by atoms with E-state index in [4.69, 9.17) is 10.2 Å². The van der Waals surface area contributed by atoms with E-state index >= 15 is 0 Å². The monoisotopic (exact) mass is 281 g/mol. The van der Waals surface area contributed by atoms with Crippen molar-refractivity contribution < 1.29 is 4.42 Å². The Hall–Kier alpha value is -0.800. The van der Waals surface area contributed by atoms with E-state index in [0.717, 1.165) is 27.6 Å². The van der Waals surface area contributed by atoms with Gasteiger partial charge < -0.3 is 10.2 Å². The van der Waals surface area contributed by atoms with Gasteiger partial charge in [0.25, 0.3) is 0 Å². The lowest BCUT2D eigenvalue weighted by Crippen LogP contribution is -2.11. The second-order valence-electron chi connectivity index (χ2n) is 4.57. The summed E-state index contributed by atoms with van der Waals surface area (Å²) < 4.78 is 6.80. The van der Waals surface area contributed by atoms with Crippen molar-refractivity contribution in [1.29, 1.82) is 0 Å². The van der Waals surface area contributed by atoms with Crippen molar-refractivity contribution in [2.45, 2.75) is 26.3 Å². The van der Waals surface area contributed by atoms with Crippen molar-refractivity contribution in [3.8, 4) is 0 Å². The molecule has 2 rings (SSSR count). The van der Waals surface area contributed by atoms with Gasteiger partial charge >= 0.3 is 0 Å². The normalized spacial score (nSPS) is 13.6. The summed E-state index contributed by atoms with van der Waals surface area (Å²) in [6.45, 7) is 4.33. The molecule has 0 radical (unpaired) electrons. The van der Waals surface area contributed by atoms with E-state index in [0.29, 0.717) is 5.92 Å². The molecule has 3 heteroatoms. The van der Waals surface area contributed by atoms with E-state index in [1.165, 1.54) is 0 Å². The summed E-state index contributed by atoms with van der Waals surface area (Å²) in [6, 6.07) is 8.01. The molecule has 86 valence electrons. The van der Waals surface area contributed by atoms with Gasteiger partial charge in [-0.1, -0.05) is 29.8 Å². The van der Waals surface area contributed by atoms with Gasteiger partial charge in [0.05, 0.1) is 6.04 Å². The lowest BCUT2D eigenvalue weighted by atomic mass is 10.0. The molecule has 0 spiro atoms. The molecule has 0 bridgehead atoms. The largest absolute Gasteiger partial charge is 0.459 e. The van der Waals surface area contributed by atoms with Gasteiger partial charge in [0.1, 0.15) is 11.3 Å². The second kappa shape index (κ2) is 4.60. The highest BCUT2D eigenvalue weighted by Crippen LogP contribution is 2.28. The van der Waals surface area contributed by atoms with Crippen LogP contribution in [0.15, 0.2) is 33.2 Å². The number of furan rings is 1. The Labute approximate surface area is 104 Å². The zero-order valence-electron chi connectivity index (χ0n) is 9.53. The lowest BCUT2D eigenvalue weighted by Gasteiger charge is -2.10. The van der Waals surface area contributed by atoms with Crippen molar-refractivity contribution in [3.63, 3.8) is 0 Å². The van der Waals surface area contributed by atoms with Crippen LogP contribution in [0, 0.1) is 5.92 Å². The Morgan fingerprint density at radius 2 is 2.06 bits per heavy atom. The molecule has 0 saturated carbocycles. The Kier molecular flexibility index (Phi) is 3.36. The summed E-state index contributed by atoms with van der Waals surface area (Å²) in [7, 11) is 0. The van der Waals surface area contributed by atoms with E-state index in [2.05, 4.69) is 29.8 Å². The maximum atomic E-state index is 6.09. The fourth-order valence-electron chi connectivity index (χ4n) is 1.84. The first-order valence-corrected chi connectivity index (χ1v) is 6.30. The van der Waals surface area contributed by atoms with Gasteiger partial charge in [-0.25, -0.2) is 0 Å². The molecule has 1 aromatic carbocycles. The Balaban J connectivity index is 2.32. The molecule has 16 heavy (non-hydrogen) atoms. The van der Waals surface area contributed by atoms with Gasteiger partial charge in [-0.15, -0.1) is 0 Å². The van der Waals surface area contributed by atoms with Gasteiger partial charge in [0.2, 0.25) is 0 Å². The van der Waals surface area contributed by atoms with E-state index in [9.17, 15) is 0 Å². The lowest BCUT2D eigenvalue weighted by molar-refractivity contribution is 0.431. The number of rotatable bonds is 3. The first-order chi connectivity index (χ1) is 7.56. The van der Waals surface area contributed by atoms with Crippen molar-refractivity contribution >= 4 is 26.9 Å². The van der Waals surface area contributed by atoms with Crippen molar-refractivity contribution in [2.24, 2.45) is 11.7 Å². The van der Waals surface area contributed by atoms with Crippen LogP contribution in [0.3, 0.4) is 0 Å². The molecule has 2 aromatic rings. The minimum Gasteiger partial charge on any atom is -0.459 e. The summed E-state index contributed by atoms with van der Waals surface area (Å²) in [5, 5.41) is 1.10. The number of halogens is 1. The topological polar surface area (TPSA) is 39.2 Å². The Morgan fingerprint density at radius 1 is 1.31 bits per heavy atom. The highest BCUT2D eigenvalue weighted by Gasteiger charge is 2.13. The molecular weight excluding hydrogens is 266 g/mol. The SMILES string of the molecule is CC(C)CC(N)c1cc2cc(Br)ccc2o1. The minimum absolute atomic E-state index is 0.00817. The number of nitrogens with two attached hydrogens (primary N) is 1. The first-order valence-electron chi connectivity index (χ1n) is 5.51. The average Bonchev–Trinajstić information content (AvgIpc) is 2.59. The van der Waals surface area contributed by atoms with Crippen LogP contribution in [-0.4, -0.2) is 0 Å². The first kappa shape index (κ1) is 11.7. The third-order valence-corrected chi connectivity index (χ3v) is 3.08. The molecule has 0 aliphatic carbocycles. The van der Waals surface area contributed by atoms with E-state index in [1.807, 2.05) is 24.3 Å². The van der Waals surface area contributed by atoms with Gasteiger partial charge in [-0.3, -0.25) is 0 Å². The molecular formula is C13H16BrNO. The van der Waals surface area contributed by atoms with Gasteiger partial charge in [-0.05, 0) is 36.6 Å². The van der Waals surface area contributed by atoms with Crippen LogP contribution in [0.1, 0.15) is 32.1 Å². The summed E-state index contributed by atoms with van der Waals surface area (Å²) in [6.07, 6.45) is 0.945. The van der Waals surface area contributed by atoms with E-state index in [-0.39, 0.29) is 6.04 Å². The number of hydrogen-bond acceptors (Lipinski definition) is 2.